The summed E-state index contributed by atoms with van der Waals surface area (Å²) < 4.78 is 14.0. The van der Waals surface area contributed by atoms with Crippen molar-refractivity contribution in [2.24, 2.45) is 5.41 Å². The predicted octanol–water partition coefficient (Wildman–Crippen LogP) is 7.44. The Hall–Kier alpha value is -3.25. The monoisotopic (exact) mass is 607 g/mol. The second-order valence-corrected chi connectivity index (χ2v) is 18.2. The Morgan fingerprint density at radius 3 is 1.86 bits per heavy atom. The molecule has 1 amide bonds. The van der Waals surface area contributed by atoms with Crippen LogP contribution in [0.4, 0.5) is 0 Å². The Balaban J connectivity index is 1.55. The first kappa shape index (κ1) is 32.1. The van der Waals surface area contributed by atoms with E-state index in [9.17, 15) is 4.79 Å². The van der Waals surface area contributed by atoms with Crippen LogP contribution in [0.15, 0.2) is 114 Å². The molecule has 0 saturated carbocycles. The molecule has 1 saturated heterocycles. The van der Waals surface area contributed by atoms with Crippen molar-refractivity contribution in [3.8, 4) is 0 Å². The standard InChI is InChI=1S/C39H49NO3Si/c1-30-35(42-28-31-19-11-7-12-20-31)27-32(39(5,6)36(30)37(41)40-25-17-10-18-26-40)29-43-44(38(2,3)4,33-21-13-8-14-22-33)34-23-15-9-16-24-34/h7-9,11-16,19-24,27,35H,10,17-18,25-26,28-29H2,1-6H3. The number of rotatable bonds is 9. The van der Waals surface area contributed by atoms with Gasteiger partial charge in [-0.2, -0.15) is 0 Å². The van der Waals surface area contributed by atoms with Gasteiger partial charge in [-0.1, -0.05) is 126 Å². The second-order valence-electron chi connectivity index (χ2n) is 13.9. The normalized spacial score (nSPS) is 19.1. The number of ether oxygens (including phenoxy) is 1. The zero-order chi connectivity index (χ0) is 31.4. The van der Waals surface area contributed by atoms with Crippen molar-refractivity contribution in [1.82, 2.24) is 4.90 Å². The summed E-state index contributed by atoms with van der Waals surface area (Å²) >= 11 is 0. The topological polar surface area (TPSA) is 38.8 Å². The van der Waals surface area contributed by atoms with Crippen LogP contribution in [0.2, 0.25) is 5.04 Å². The highest BCUT2D eigenvalue weighted by molar-refractivity contribution is 6.99. The average molecular weight is 608 g/mol. The van der Waals surface area contributed by atoms with Crippen molar-refractivity contribution in [1.29, 1.82) is 0 Å². The quantitative estimate of drug-likeness (QED) is 0.187. The zero-order valence-corrected chi connectivity index (χ0v) is 28.4. The highest BCUT2D eigenvalue weighted by atomic mass is 28.4. The molecule has 1 aliphatic carbocycles. The number of carbonyl (C=O) groups is 1. The third-order valence-corrected chi connectivity index (χ3v) is 14.6. The van der Waals surface area contributed by atoms with Crippen LogP contribution in [0, 0.1) is 5.41 Å². The Morgan fingerprint density at radius 2 is 1.34 bits per heavy atom. The summed E-state index contributed by atoms with van der Waals surface area (Å²) in [5.74, 6) is 0.150. The van der Waals surface area contributed by atoms with Gasteiger partial charge in [0.15, 0.2) is 0 Å². The van der Waals surface area contributed by atoms with E-state index in [4.69, 9.17) is 9.16 Å². The highest BCUT2D eigenvalue weighted by Gasteiger charge is 2.51. The van der Waals surface area contributed by atoms with E-state index in [0.29, 0.717) is 13.2 Å². The average Bonchev–Trinajstić information content (AvgIpc) is 3.03. The van der Waals surface area contributed by atoms with Crippen LogP contribution in [-0.4, -0.2) is 44.9 Å². The van der Waals surface area contributed by atoms with E-state index in [2.05, 4.69) is 125 Å². The van der Waals surface area contributed by atoms with Crippen LogP contribution in [-0.2, 0) is 20.6 Å². The van der Waals surface area contributed by atoms with Gasteiger partial charge in [-0.05, 0) is 64.4 Å². The van der Waals surface area contributed by atoms with Crippen molar-refractivity contribution >= 4 is 24.6 Å². The zero-order valence-electron chi connectivity index (χ0n) is 27.4. The lowest BCUT2D eigenvalue weighted by Crippen LogP contribution is -2.66. The highest BCUT2D eigenvalue weighted by Crippen LogP contribution is 2.45. The molecule has 1 atom stereocenters. The van der Waals surface area contributed by atoms with Gasteiger partial charge >= 0.3 is 0 Å². The van der Waals surface area contributed by atoms with E-state index >= 15 is 0 Å². The van der Waals surface area contributed by atoms with Crippen molar-refractivity contribution < 1.29 is 14.0 Å². The maximum Gasteiger partial charge on any atom is 0.261 e. The molecular formula is C39H49NO3Si. The van der Waals surface area contributed by atoms with Gasteiger partial charge in [0, 0.05) is 24.1 Å². The van der Waals surface area contributed by atoms with Crippen molar-refractivity contribution in [3.63, 3.8) is 0 Å². The van der Waals surface area contributed by atoms with Gasteiger partial charge in [-0.15, -0.1) is 0 Å². The largest absolute Gasteiger partial charge is 0.403 e. The maximum absolute atomic E-state index is 14.3. The molecular weight excluding hydrogens is 559 g/mol. The summed E-state index contributed by atoms with van der Waals surface area (Å²) in [4.78, 5) is 16.4. The fourth-order valence-electron chi connectivity index (χ4n) is 7.11. The second kappa shape index (κ2) is 13.4. The summed E-state index contributed by atoms with van der Waals surface area (Å²) in [6, 6.07) is 31.8. The lowest BCUT2D eigenvalue weighted by atomic mass is 9.70. The molecule has 1 fully saturated rings. The Morgan fingerprint density at radius 1 is 0.818 bits per heavy atom. The molecule has 3 aromatic carbocycles. The van der Waals surface area contributed by atoms with E-state index in [0.717, 1.165) is 48.2 Å². The van der Waals surface area contributed by atoms with Crippen LogP contribution in [0.1, 0.15) is 66.4 Å². The van der Waals surface area contributed by atoms with Crippen LogP contribution in [0.25, 0.3) is 0 Å². The van der Waals surface area contributed by atoms with E-state index in [-0.39, 0.29) is 17.0 Å². The molecule has 0 spiro atoms. The fraction of sp³-hybridized carbons (Fsp3) is 0.410. The SMILES string of the molecule is CC1=C(C(=O)N2CCCCC2)C(C)(C)C(CO[Si](c2ccccc2)(c2ccccc2)C(C)(C)C)=CC1OCc1ccccc1. The van der Waals surface area contributed by atoms with E-state index in [1.54, 1.807) is 0 Å². The maximum atomic E-state index is 14.3. The number of hydrogen-bond donors (Lipinski definition) is 0. The summed E-state index contributed by atoms with van der Waals surface area (Å²) in [6.45, 7) is 15.9. The lowest BCUT2D eigenvalue weighted by Gasteiger charge is -2.45. The van der Waals surface area contributed by atoms with Gasteiger partial charge in [0.25, 0.3) is 14.2 Å². The minimum absolute atomic E-state index is 0.142. The molecule has 0 aromatic heterocycles. The summed E-state index contributed by atoms with van der Waals surface area (Å²) in [5.41, 5.74) is 3.59. The van der Waals surface area contributed by atoms with Gasteiger partial charge in [-0.25, -0.2) is 0 Å². The molecule has 0 radical (unpaired) electrons. The number of nitrogens with zero attached hydrogens (tertiary/aromatic N) is 1. The van der Waals surface area contributed by atoms with E-state index in [1.165, 1.54) is 16.8 Å². The van der Waals surface area contributed by atoms with Gasteiger partial charge in [0.2, 0.25) is 0 Å². The molecule has 0 bridgehead atoms. The number of carbonyl (C=O) groups excluding carboxylic acids is 1. The third-order valence-electron chi connectivity index (χ3n) is 9.59. The van der Waals surface area contributed by atoms with Crippen molar-refractivity contribution in [3.05, 3.63) is 119 Å². The number of piperidine rings is 1. The minimum atomic E-state index is -2.78. The van der Waals surface area contributed by atoms with E-state index in [1.807, 2.05) is 18.2 Å². The summed E-state index contributed by atoms with van der Waals surface area (Å²) in [7, 11) is -2.78. The van der Waals surface area contributed by atoms with Gasteiger partial charge in [-0.3, -0.25) is 4.79 Å². The summed E-state index contributed by atoms with van der Waals surface area (Å²) in [5, 5.41) is 2.36. The van der Waals surface area contributed by atoms with Gasteiger partial charge in [0.1, 0.15) is 0 Å². The van der Waals surface area contributed by atoms with Crippen LogP contribution >= 0.6 is 0 Å². The molecule has 2 aliphatic rings. The van der Waals surface area contributed by atoms with E-state index < -0.39 is 13.7 Å². The third kappa shape index (κ3) is 6.42. The molecule has 1 heterocycles. The summed E-state index contributed by atoms with van der Waals surface area (Å²) in [6.07, 6.45) is 5.25. The predicted molar refractivity (Wildman–Crippen MR) is 184 cm³/mol. The first-order chi connectivity index (χ1) is 21.1. The van der Waals surface area contributed by atoms with Gasteiger partial charge < -0.3 is 14.1 Å². The van der Waals surface area contributed by atoms with Crippen LogP contribution in [0.3, 0.4) is 0 Å². The molecule has 1 aliphatic heterocycles. The molecule has 1 unspecified atom stereocenters. The molecule has 44 heavy (non-hydrogen) atoms. The number of amides is 1. The number of benzene rings is 3. The van der Waals surface area contributed by atoms with Crippen molar-refractivity contribution in [2.75, 3.05) is 19.7 Å². The first-order valence-electron chi connectivity index (χ1n) is 16.2. The smallest absolute Gasteiger partial charge is 0.261 e. The molecule has 232 valence electrons. The molecule has 5 rings (SSSR count). The molecule has 5 heteroatoms. The first-order valence-corrected chi connectivity index (χ1v) is 18.1. The Labute approximate surface area is 265 Å². The Kier molecular flexibility index (Phi) is 9.79. The van der Waals surface area contributed by atoms with Crippen molar-refractivity contribution in [2.45, 2.75) is 78.6 Å². The Bertz CT molecular complexity index is 1430. The van der Waals surface area contributed by atoms with Crippen LogP contribution < -0.4 is 10.4 Å². The minimum Gasteiger partial charge on any atom is -0.403 e. The molecule has 4 nitrogen and oxygen atoms in total. The van der Waals surface area contributed by atoms with Crippen LogP contribution in [0.5, 0.6) is 0 Å². The van der Waals surface area contributed by atoms with Gasteiger partial charge in [0.05, 0.1) is 19.3 Å². The number of hydrogen-bond acceptors (Lipinski definition) is 3. The lowest BCUT2D eigenvalue weighted by molar-refractivity contribution is -0.129. The molecule has 3 aromatic rings. The fourth-order valence-corrected chi connectivity index (χ4v) is 11.6. The number of likely N-dealkylation sites (tertiary alicyclic amines) is 1. The molecule has 0 N–H and O–H groups in total.